The van der Waals surface area contributed by atoms with E-state index in [0.717, 1.165) is 6.54 Å². The molecule has 3 heteroatoms. The van der Waals surface area contributed by atoms with Crippen LogP contribution >= 0.6 is 0 Å². The lowest BCUT2D eigenvalue weighted by atomic mass is 10.1. The summed E-state index contributed by atoms with van der Waals surface area (Å²) in [6, 6.07) is 10.2. The lowest BCUT2D eigenvalue weighted by Gasteiger charge is -2.26. The van der Waals surface area contributed by atoms with Gasteiger partial charge in [0.2, 0.25) is 0 Å². The number of benzene rings is 1. The second kappa shape index (κ2) is 7.16. The Kier molecular flexibility index (Phi) is 5.23. The maximum Gasteiger partial charge on any atom is 0.137 e. The van der Waals surface area contributed by atoms with E-state index >= 15 is 0 Å². The number of nitriles is 1. The lowest BCUT2D eigenvalue weighted by Crippen LogP contribution is -2.35. The van der Waals surface area contributed by atoms with Crippen molar-refractivity contribution in [1.29, 1.82) is 5.26 Å². The van der Waals surface area contributed by atoms with Crippen LogP contribution in [0.4, 0.5) is 0 Å². The minimum absolute atomic E-state index is 0.617. The highest BCUT2D eigenvalue weighted by Gasteiger charge is 2.16. The second-order valence-corrected chi connectivity index (χ2v) is 5.19. The Balaban J connectivity index is 1.84. The van der Waals surface area contributed by atoms with E-state index in [2.05, 4.69) is 17.9 Å². The molecule has 1 fully saturated rings. The number of rotatable bonds is 4. The van der Waals surface area contributed by atoms with Gasteiger partial charge < -0.3 is 4.74 Å². The van der Waals surface area contributed by atoms with Gasteiger partial charge >= 0.3 is 0 Å². The van der Waals surface area contributed by atoms with Crippen molar-refractivity contribution in [2.75, 3.05) is 19.7 Å². The first kappa shape index (κ1) is 13.9. The van der Waals surface area contributed by atoms with Crippen LogP contribution in [0.3, 0.4) is 0 Å². The third-order valence-electron chi connectivity index (χ3n) is 3.83. The molecule has 0 bridgehead atoms. The van der Waals surface area contributed by atoms with E-state index < -0.39 is 0 Å². The average Bonchev–Trinajstić information content (AvgIpc) is 2.64. The topological polar surface area (TPSA) is 36.3 Å². The van der Waals surface area contributed by atoms with Crippen molar-refractivity contribution in [1.82, 2.24) is 4.90 Å². The highest BCUT2D eigenvalue weighted by atomic mass is 16.5. The van der Waals surface area contributed by atoms with Crippen LogP contribution in [0.5, 0.6) is 5.75 Å². The maximum atomic E-state index is 9.01. The Bertz CT molecular complexity index is 439. The molecule has 0 aromatic heterocycles. The Morgan fingerprint density at radius 2 is 2.16 bits per heavy atom. The van der Waals surface area contributed by atoms with Crippen LogP contribution in [0.2, 0.25) is 0 Å². The van der Waals surface area contributed by atoms with E-state index in [9.17, 15) is 0 Å². The summed E-state index contributed by atoms with van der Waals surface area (Å²) in [5.41, 5.74) is 0.617. The fraction of sp³-hybridized carbons (Fsp3) is 0.562. The SMILES string of the molecule is CC1CCCCCN1CCOc1ccccc1C#N. The van der Waals surface area contributed by atoms with E-state index in [1.54, 1.807) is 6.07 Å². The minimum atomic E-state index is 0.617. The molecule has 1 aliphatic heterocycles. The number of ether oxygens (including phenoxy) is 1. The van der Waals surface area contributed by atoms with E-state index in [-0.39, 0.29) is 0 Å². The van der Waals surface area contributed by atoms with Crippen molar-refractivity contribution >= 4 is 0 Å². The van der Waals surface area contributed by atoms with Gasteiger partial charge in [0.1, 0.15) is 18.4 Å². The van der Waals surface area contributed by atoms with Crippen LogP contribution in [-0.2, 0) is 0 Å². The first-order chi connectivity index (χ1) is 9.31. The first-order valence-electron chi connectivity index (χ1n) is 7.17. The van der Waals surface area contributed by atoms with Crippen LogP contribution in [0.15, 0.2) is 24.3 Å². The number of hydrogen-bond acceptors (Lipinski definition) is 3. The second-order valence-electron chi connectivity index (χ2n) is 5.19. The van der Waals surface area contributed by atoms with Crippen LogP contribution < -0.4 is 4.74 Å². The normalized spacial score (nSPS) is 20.5. The summed E-state index contributed by atoms with van der Waals surface area (Å²) in [4.78, 5) is 2.50. The van der Waals surface area contributed by atoms with Gasteiger partial charge in [0.15, 0.2) is 0 Å². The molecule has 1 unspecified atom stereocenters. The standard InChI is InChI=1S/C16H22N2O/c1-14-7-3-2-6-10-18(14)11-12-19-16-9-5-4-8-15(16)13-17/h4-5,8-9,14H,2-3,6-7,10-12H2,1H3. The van der Waals surface area contributed by atoms with Crippen molar-refractivity contribution in [3.8, 4) is 11.8 Å². The molecule has 1 aliphatic rings. The average molecular weight is 258 g/mol. The van der Waals surface area contributed by atoms with Crippen molar-refractivity contribution in [2.45, 2.75) is 38.6 Å². The minimum Gasteiger partial charge on any atom is -0.491 e. The zero-order valence-electron chi connectivity index (χ0n) is 11.6. The molecular weight excluding hydrogens is 236 g/mol. The van der Waals surface area contributed by atoms with E-state index in [1.807, 2.05) is 18.2 Å². The summed E-state index contributed by atoms with van der Waals surface area (Å²) < 4.78 is 5.76. The first-order valence-corrected chi connectivity index (χ1v) is 7.17. The van der Waals surface area contributed by atoms with E-state index in [1.165, 1.54) is 32.2 Å². The Morgan fingerprint density at radius 3 is 3.00 bits per heavy atom. The largest absolute Gasteiger partial charge is 0.491 e. The molecule has 19 heavy (non-hydrogen) atoms. The summed E-state index contributed by atoms with van der Waals surface area (Å²) >= 11 is 0. The molecule has 0 amide bonds. The number of para-hydroxylation sites is 1. The molecule has 1 aromatic carbocycles. The predicted octanol–water partition coefficient (Wildman–Crippen LogP) is 3.20. The van der Waals surface area contributed by atoms with Crippen LogP contribution in [0.1, 0.15) is 38.2 Å². The Morgan fingerprint density at radius 1 is 1.32 bits per heavy atom. The molecule has 1 heterocycles. The Labute approximate surface area is 115 Å². The van der Waals surface area contributed by atoms with Gasteiger partial charge in [-0.25, -0.2) is 0 Å². The smallest absolute Gasteiger partial charge is 0.137 e. The molecule has 0 saturated carbocycles. The van der Waals surface area contributed by atoms with E-state index in [0.29, 0.717) is 24.0 Å². The third kappa shape index (κ3) is 3.97. The van der Waals surface area contributed by atoms with E-state index in [4.69, 9.17) is 10.00 Å². The molecule has 3 nitrogen and oxygen atoms in total. The third-order valence-corrected chi connectivity index (χ3v) is 3.83. The highest BCUT2D eigenvalue weighted by molar-refractivity contribution is 5.42. The molecule has 1 atom stereocenters. The zero-order valence-corrected chi connectivity index (χ0v) is 11.6. The summed E-state index contributed by atoms with van der Waals surface area (Å²) in [6.45, 7) is 5.07. The fourth-order valence-electron chi connectivity index (χ4n) is 2.62. The molecule has 1 aromatic rings. The van der Waals surface area contributed by atoms with Crippen molar-refractivity contribution in [2.24, 2.45) is 0 Å². The maximum absolute atomic E-state index is 9.01. The number of nitrogens with zero attached hydrogens (tertiary/aromatic N) is 2. The molecule has 0 radical (unpaired) electrons. The van der Waals surface area contributed by atoms with Crippen molar-refractivity contribution < 1.29 is 4.74 Å². The zero-order chi connectivity index (χ0) is 13.5. The molecule has 0 N–H and O–H groups in total. The van der Waals surface area contributed by atoms with Crippen molar-refractivity contribution in [3.63, 3.8) is 0 Å². The summed E-state index contributed by atoms with van der Waals surface area (Å²) in [5.74, 6) is 0.701. The molecule has 0 aliphatic carbocycles. The molecule has 102 valence electrons. The highest BCUT2D eigenvalue weighted by Crippen LogP contribution is 2.18. The lowest BCUT2D eigenvalue weighted by molar-refractivity contribution is 0.170. The summed E-state index contributed by atoms with van der Waals surface area (Å²) in [6.07, 6.45) is 5.27. The summed E-state index contributed by atoms with van der Waals surface area (Å²) in [5, 5.41) is 9.01. The van der Waals surface area contributed by atoms with Gasteiger partial charge in [0, 0.05) is 12.6 Å². The van der Waals surface area contributed by atoms with Crippen molar-refractivity contribution in [3.05, 3.63) is 29.8 Å². The molecular formula is C16H22N2O. The predicted molar refractivity (Wildman–Crippen MR) is 76.2 cm³/mol. The summed E-state index contributed by atoms with van der Waals surface area (Å²) in [7, 11) is 0. The monoisotopic (exact) mass is 258 g/mol. The number of hydrogen-bond donors (Lipinski definition) is 0. The van der Waals surface area contributed by atoms with Gasteiger partial charge in [-0.15, -0.1) is 0 Å². The van der Waals surface area contributed by atoms with Crippen LogP contribution in [-0.4, -0.2) is 30.6 Å². The van der Waals surface area contributed by atoms with Crippen LogP contribution in [0, 0.1) is 11.3 Å². The van der Waals surface area contributed by atoms with Gasteiger partial charge in [0.05, 0.1) is 5.56 Å². The van der Waals surface area contributed by atoms with Gasteiger partial charge in [0.25, 0.3) is 0 Å². The molecule has 2 rings (SSSR count). The van der Waals surface area contributed by atoms with Gasteiger partial charge in [-0.1, -0.05) is 25.0 Å². The van der Waals surface area contributed by atoms with Gasteiger partial charge in [-0.2, -0.15) is 5.26 Å². The Hall–Kier alpha value is -1.53. The van der Waals surface area contributed by atoms with Gasteiger partial charge in [-0.05, 0) is 38.4 Å². The van der Waals surface area contributed by atoms with Crippen LogP contribution in [0.25, 0.3) is 0 Å². The quantitative estimate of drug-likeness (QED) is 0.832. The fourth-order valence-corrected chi connectivity index (χ4v) is 2.62. The number of likely N-dealkylation sites (tertiary alicyclic amines) is 1. The van der Waals surface area contributed by atoms with Gasteiger partial charge in [-0.3, -0.25) is 4.90 Å². The molecule has 0 spiro atoms. The molecule has 1 saturated heterocycles.